The minimum absolute atomic E-state index is 0.0432. The van der Waals surface area contributed by atoms with Gasteiger partial charge in [0.1, 0.15) is 10.6 Å². The lowest BCUT2D eigenvalue weighted by Gasteiger charge is -2.25. The molecule has 1 fully saturated rings. The van der Waals surface area contributed by atoms with E-state index in [1.54, 1.807) is 11.6 Å². The predicted octanol–water partition coefficient (Wildman–Crippen LogP) is 0.574. The minimum Gasteiger partial charge on any atom is -0.379 e. The highest BCUT2D eigenvalue weighted by Crippen LogP contribution is 2.19. The highest BCUT2D eigenvalue weighted by Gasteiger charge is 2.28. The van der Waals surface area contributed by atoms with E-state index in [-0.39, 0.29) is 16.8 Å². The van der Waals surface area contributed by atoms with Gasteiger partial charge in [0.15, 0.2) is 0 Å². The van der Waals surface area contributed by atoms with E-state index in [9.17, 15) is 13.2 Å². The average molecular weight is 329 g/mol. The first-order valence-electron chi connectivity index (χ1n) is 7.41. The second kappa shape index (κ2) is 6.80. The van der Waals surface area contributed by atoms with Gasteiger partial charge in [-0.2, -0.15) is 4.31 Å². The molecule has 0 bridgehead atoms. The standard InChI is InChI=1S/C14H23N3O4S/c1-4-11(2)15-14(18)13-9-12(10-16(13)3)22(19,20)17-5-7-21-8-6-17/h9-11H,4-8H2,1-3H3,(H,15,18). The minimum atomic E-state index is -3.58. The number of sulfonamides is 1. The SMILES string of the molecule is CCC(C)NC(=O)c1cc(S(=O)(=O)N2CCOCC2)cn1C. The molecular weight excluding hydrogens is 306 g/mol. The molecule has 0 aliphatic carbocycles. The number of morpholine rings is 1. The molecule has 0 saturated carbocycles. The zero-order valence-electron chi connectivity index (χ0n) is 13.2. The molecule has 2 rings (SSSR count). The summed E-state index contributed by atoms with van der Waals surface area (Å²) in [7, 11) is -1.91. The zero-order valence-corrected chi connectivity index (χ0v) is 14.0. The van der Waals surface area contributed by atoms with E-state index >= 15 is 0 Å². The van der Waals surface area contributed by atoms with Crippen molar-refractivity contribution in [2.24, 2.45) is 7.05 Å². The molecule has 7 nitrogen and oxygen atoms in total. The van der Waals surface area contributed by atoms with Crippen molar-refractivity contribution in [3.63, 3.8) is 0 Å². The van der Waals surface area contributed by atoms with Gasteiger partial charge in [-0.3, -0.25) is 4.79 Å². The topological polar surface area (TPSA) is 80.6 Å². The van der Waals surface area contributed by atoms with Gasteiger partial charge < -0.3 is 14.6 Å². The normalized spacial score (nSPS) is 18.1. The molecule has 0 radical (unpaired) electrons. The van der Waals surface area contributed by atoms with Crippen molar-refractivity contribution in [2.75, 3.05) is 26.3 Å². The summed E-state index contributed by atoms with van der Waals surface area (Å²) >= 11 is 0. The lowest BCUT2D eigenvalue weighted by molar-refractivity contribution is 0.0730. The molecule has 22 heavy (non-hydrogen) atoms. The van der Waals surface area contributed by atoms with Gasteiger partial charge in [0.2, 0.25) is 10.0 Å². The number of aryl methyl sites for hydroxylation is 1. The summed E-state index contributed by atoms with van der Waals surface area (Å²) in [6.07, 6.45) is 2.30. The van der Waals surface area contributed by atoms with E-state index in [0.717, 1.165) is 6.42 Å². The molecule has 1 aliphatic heterocycles. The van der Waals surface area contributed by atoms with Crippen LogP contribution in [0.3, 0.4) is 0 Å². The Kier molecular flexibility index (Phi) is 5.25. The summed E-state index contributed by atoms with van der Waals surface area (Å²) in [5.41, 5.74) is 0.340. The Bertz CT molecular complexity index is 633. The maximum Gasteiger partial charge on any atom is 0.268 e. The fourth-order valence-electron chi connectivity index (χ4n) is 2.24. The van der Waals surface area contributed by atoms with Crippen molar-refractivity contribution in [1.29, 1.82) is 0 Å². The highest BCUT2D eigenvalue weighted by molar-refractivity contribution is 7.89. The van der Waals surface area contributed by atoms with Gasteiger partial charge in [-0.25, -0.2) is 8.42 Å². The number of nitrogens with zero attached hydrogens (tertiary/aromatic N) is 2. The second-order valence-corrected chi connectivity index (χ2v) is 7.41. The van der Waals surface area contributed by atoms with Crippen LogP contribution >= 0.6 is 0 Å². The lowest BCUT2D eigenvalue weighted by Crippen LogP contribution is -2.40. The molecule has 1 amide bonds. The Morgan fingerprint density at radius 1 is 1.41 bits per heavy atom. The summed E-state index contributed by atoms with van der Waals surface area (Å²) in [6.45, 7) is 5.36. The van der Waals surface area contributed by atoms with Gasteiger partial charge in [-0.1, -0.05) is 6.92 Å². The molecule has 1 unspecified atom stereocenters. The number of hydrogen-bond acceptors (Lipinski definition) is 4. The van der Waals surface area contributed by atoms with Crippen molar-refractivity contribution >= 4 is 15.9 Å². The van der Waals surface area contributed by atoms with Crippen LogP contribution in [0.5, 0.6) is 0 Å². The summed E-state index contributed by atoms with van der Waals surface area (Å²) < 4.78 is 33.3. The molecule has 1 aromatic heterocycles. The van der Waals surface area contributed by atoms with Crippen LogP contribution < -0.4 is 5.32 Å². The third-order valence-electron chi connectivity index (χ3n) is 3.81. The predicted molar refractivity (Wildman–Crippen MR) is 82.2 cm³/mol. The third-order valence-corrected chi connectivity index (χ3v) is 5.67. The van der Waals surface area contributed by atoms with Crippen LogP contribution in [0.15, 0.2) is 17.2 Å². The van der Waals surface area contributed by atoms with Crippen LogP contribution in [0.2, 0.25) is 0 Å². The van der Waals surface area contributed by atoms with Crippen LogP contribution in [0.1, 0.15) is 30.8 Å². The number of ether oxygens (including phenoxy) is 1. The van der Waals surface area contributed by atoms with Crippen LogP contribution in [0.4, 0.5) is 0 Å². The number of aromatic nitrogens is 1. The van der Waals surface area contributed by atoms with Crippen molar-refractivity contribution in [2.45, 2.75) is 31.2 Å². The lowest BCUT2D eigenvalue weighted by atomic mass is 10.2. The number of hydrogen-bond donors (Lipinski definition) is 1. The maximum absolute atomic E-state index is 12.6. The summed E-state index contributed by atoms with van der Waals surface area (Å²) in [6, 6.07) is 1.48. The van der Waals surface area contributed by atoms with Gasteiger partial charge >= 0.3 is 0 Å². The van der Waals surface area contributed by atoms with Gasteiger partial charge in [-0.05, 0) is 19.4 Å². The van der Waals surface area contributed by atoms with E-state index in [1.165, 1.54) is 16.6 Å². The van der Waals surface area contributed by atoms with E-state index in [2.05, 4.69) is 5.32 Å². The van der Waals surface area contributed by atoms with E-state index < -0.39 is 10.0 Å². The monoisotopic (exact) mass is 329 g/mol. The Morgan fingerprint density at radius 3 is 2.64 bits per heavy atom. The Balaban J connectivity index is 2.23. The first-order valence-corrected chi connectivity index (χ1v) is 8.85. The fraction of sp³-hybridized carbons (Fsp3) is 0.643. The van der Waals surface area contributed by atoms with Gasteiger partial charge in [0, 0.05) is 32.4 Å². The quantitative estimate of drug-likeness (QED) is 0.856. The molecule has 8 heteroatoms. The van der Waals surface area contributed by atoms with E-state index in [1.807, 2.05) is 13.8 Å². The van der Waals surface area contributed by atoms with Crippen LogP contribution in [-0.4, -0.2) is 55.5 Å². The first kappa shape index (κ1) is 17.0. The molecule has 2 heterocycles. The molecular formula is C14H23N3O4S. The molecule has 1 aromatic rings. The summed E-state index contributed by atoms with van der Waals surface area (Å²) in [4.78, 5) is 12.3. The molecule has 0 spiro atoms. The molecule has 1 saturated heterocycles. The number of nitrogens with one attached hydrogen (secondary N) is 1. The molecule has 1 aliphatic rings. The van der Waals surface area contributed by atoms with Crippen molar-refractivity contribution in [3.05, 3.63) is 18.0 Å². The van der Waals surface area contributed by atoms with Crippen LogP contribution in [0, 0.1) is 0 Å². The van der Waals surface area contributed by atoms with E-state index in [0.29, 0.717) is 32.0 Å². The smallest absolute Gasteiger partial charge is 0.268 e. The summed E-state index contributed by atoms with van der Waals surface area (Å²) in [5, 5.41) is 2.84. The largest absolute Gasteiger partial charge is 0.379 e. The Morgan fingerprint density at radius 2 is 2.05 bits per heavy atom. The number of carbonyl (C=O) groups is 1. The van der Waals surface area contributed by atoms with Crippen molar-refractivity contribution < 1.29 is 17.9 Å². The first-order chi connectivity index (χ1) is 10.4. The van der Waals surface area contributed by atoms with Crippen molar-refractivity contribution in [3.8, 4) is 0 Å². The fourth-order valence-corrected chi connectivity index (χ4v) is 3.72. The summed E-state index contributed by atoms with van der Waals surface area (Å²) in [5.74, 6) is -0.264. The van der Waals surface area contributed by atoms with Gasteiger partial charge in [0.05, 0.1) is 13.2 Å². The highest BCUT2D eigenvalue weighted by atomic mass is 32.2. The third kappa shape index (κ3) is 3.50. The molecule has 124 valence electrons. The zero-order chi connectivity index (χ0) is 16.3. The van der Waals surface area contributed by atoms with Crippen molar-refractivity contribution in [1.82, 2.24) is 14.2 Å². The van der Waals surface area contributed by atoms with Crippen LogP contribution in [-0.2, 0) is 21.8 Å². The average Bonchev–Trinajstić information content (AvgIpc) is 2.90. The van der Waals surface area contributed by atoms with Gasteiger partial charge in [0.25, 0.3) is 5.91 Å². The molecule has 1 atom stereocenters. The molecule has 1 N–H and O–H groups in total. The Hall–Kier alpha value is -1.38. The van der Waals surface area contributed by atoms with Gasteiger partial charge in [-0.15, -0.1) is 0 Å². The van der Waals surface area contributed by atoms with E-state index in [4.69, 9.17) is 4.74 Å². The maximum atomic E-state index is 12.6. The number of rotatable bonds is 5. The Labute approximate surface area is 131 Å². The number of carbonyl (C=O) groups excluding carboxylic acids is 1. The number of amides is 1. The van der Waals surface area contributed by atoms with Crippen LogP contribution in [0.25, 0.3) is 0 Å². The second-order valence-electron chi connectivity index (χ2n) is 5.47. The molecule has 0 aromatic carbocycles.